The number of carbonyl (C=O) groups excluding carboxylic acids is 1. The van der Waals surface area contributed by atoms with E-state index in [1.807, 2.05) is 29.0 Å². The Balaban J connectivity index is 1.98. The summed E-state index contributed by atoms with van der Waals surface area (Å²) in [5, 5.41) is 0. The van der Waals surface area contributed by atoms with Crippen LogP contribution in [0.1, 0.15) is 10.4 Å². The maximum absolute atomic E-state index is 11.2. The van der Waals surface area contributed by atoms with E-state index in [-0.39, 0.29) is 0 Å². The minimum absolute atomic E-state index is 0.446. The molecule has 98 valence electrons. The van der Waals surface area contributed by atoms with Crippen LogP contribution in [0.5, 0.6) is 0 Å². The van der Waals surface area contributed by atoms with Crippen molar-refractivity contribution in [1.82, 2.24) is 14.5 Å². The quantitative estimate of drug-likeness (QED) is 0.786. The summed E-state index contributed by atoms with van der Waals surface area (Å²) in [6.45, 7) is 0. The van der Waals surface area contributed by atoms with Crippen LogP contribution in [0.3, 0.4) is 0 Å². The average molecular weight is 264 g/mol. The van der Waals surface area contributed by atoms with Crippen LogP contribution in [-0.4, -0.2) is 20.4 Å². The van der Waals surface area contributed by atoms with E-state index in [4.69, 9.17) is 5.73 Å². The highest BCUT2D eigenvalue weighted by atomic mass is 16.1. The molecule has 2 N–H and O–H groups in total. The Kier molecular flexibility index (Phi) is 3.01. The van der Waals surface area contributed by atoms with Crippen molar-refractivity contribution in [1.29, 1.82) is 0 Å². The second kappa shape index (κ2) is 4.97. The van der Waals surface area contributed by atoms with E-state index in [0.29, 0.717) is 5.56 Å². The van der Waals surface area contributed by atoms with Gasteiger partial charge >= 0.3 is 0 Å². The molecular formula is C15H12N4O. The molecule has 5 nitrogen and oxygen atoms in total. The van der Waals surface area contributed by atoms with Crippen LogP contribution in [0, 0.1) is 0 Å². The Hall–Kier alpha value is -2.95. The van der Waals surface area contributed by atoms with Gasteiger partial charge in [0.15, 0.2) is 0 Å². The van der Waals surface area contributed by atoms with E-state index >= 15 is 0 Å². The number of benzene rings is 1. The lowest BCUT2D eigenvalue weighted by Crippen LogP contribution is -2.10. The fraction of sp³-hybridized carbons (Fsp3) is 0. The molecule has 2 aromatic heterocycles. The number of carbonyl (C=O) groups is 1. The number of imidazole rings is 1. The van der Waals surface area contributed by atoms with Gasteiger partial charge in [-0.05, 0) is 24.3 Å². The third kappa shape index (κ3) is 2.29. The summed E-state index contributed by atoms with van der Waals surface area (Å²) >= 11 is 0. The molecular weight excluding hydrogens is 252 g/mol. The van der Waals surface area contributed by atoms with Gasteiger partial charge in [-0.2, -0.15) is 0 Å². The van der Waals surface area contributed by atoms with Crippen molar-refractivity contribution in [3.05, 3.63) is 66.9 Å². The van der Waals surface area contributed by atoms with Gasteiger partial charge in [-0.3, -0.25) is 9.78 Å². The van der Waals surface area contributed by atoms with Crippen LogP contribution in [0.15, 0.2) is 61.3 Å². The van der Waals surface area contributed by atoms with E-state index in [1.165, 1.54) is 0 Å². The average Bonchev–Trinajstić information content (AvgIpc) is 2.98. The van der Waals surface area contributed by atoms with Gasteiger partial charge in [0.05, 0.1) is 23.9 Å². The van der Waals surface area contributed by atoms with Gasteiger partial charge in [0.2, 0.25) is 5.91 Å². The first kappa shape index (κ1) is 12.1. The van der Waals surface area contributed by atoms with Crippen molar-refractivity contribution in [3.8, 4) is 16.9 Å². The third-order valence-electron chi connectivity index (χ3n) is 2.97. The lowest BCUT2D eigenvalue weighted by molar-refractivity contribution is 0.100. The molecule has 0 aliphatic carbocycles. The molecule has 0 spiro atoms. The predicted molar refractivity (Wildman–Crippen MR) is 75.3 cm³/mol. The number of primary amides is 1. The van der Waals surface area contributed by atoms with Crippen LogP contribution < -0.4 is 5.73 Å². The zero-order valence-electron chi connectivity index (χ0n) is 10.6. The van der Waals surface area contributed by atoms with Crippen molar-refractivity contribution in [2.24, 2.45) is 5.73 Å². The van der Waals surface area contributed by atoms with E-state index in [1.54, 1.807) is 36.9 Å². The van der Waals surface area contributed by atoms with Gasteiger partial charge in [-0.15, -0.1) is 0 Å². The van der Waals surface area contributed by atoms with Crippen LogP contribution in [0.4, 0.5) is 0 Å². The van der Waals surface area contributed by atoms with Crippen molar-refractivity contribution in [3.63, 3.8) is 0 Å². The van der Waals surface area contributed by atoms with Crippen molar-refractivity contribution < 1.29 is 4.79 Å². The second-order valence-corrected chi connectivity index (χ2v) is 4.32. The first-order chi connectivity index (χ1) is 9.74. The highest BCUT2D eigenvalue weighted by molar-refractivity contribution is 5.93. The fourth-order valence-corrected chi connectivity index (χ4v) is 1.95. The van der Waals surface area contributed by atoms with E-state index in [0.717, 1.165) is 16.9 Å². The standard InChI is InChI=1S/C15H12N4O/c16-15(20)12-4-1-3-11(7-12)14-9-19(10-18-14)13-5-2-6-17-8-13/h1-10H,(H2,16,20). The van der Waals surface area contributed by atoms with Crippen LogP contribution in [-0.2, 0) is 0 Å². The third-order valence-corrected chi connectivity index (χ3v) is 2.97. The molecule has 0 atom stereocenters. The number of pyridine rings is 1. The summed E-state index contributed by atoms with van der Waals surface area (Å²) in [5.41, 5.74) is 8.31. The Morgan fingerprint density at radius 1 is 1.20 bits per heavy atom. The largest absolute Gasteiger partial charge is 0.366 e. The Labute approximate surface area is 115 Å². The molecule has 3 rings (SSSR count). The zero-order chi connectivity index (χ0) is 13.9. The summed E-state index contributed by atoms with van der Waals surface area (Å²) in [4.78, 5) is 19.6. The number of hydrogen-bond donors (Lipinski definition) is 1. The molecule has 1 amide bonds. The molecule has 0 saturated carbocycles. The van der Waals surface area contributed by atoms with Gasteiger partial charge in [0, 0.05) is 23.5 Å². The number of aromatic nitrogens is 3. The Morgan fingerprint density at radius 3 is 2.85 bits per heavy atom. The first-order valence-electron chi connectivity index (χ1n) is 6.09. The number of nitrogens with two attached hydrogens (primary N) is 1. The molecule has 1 aromatic carbocycles. The monoisotopic (exact) mass is 264 g/mol. The normalized spacial score (nSPS) is 10.4. The molecule has 0 bridgehead atoms. The van der Waals surface area contributed by atoms with Crippen molar-refractivity contribution in [2.75, 3.05) is 0 Å². The van der Waals surface area contributed by atoms with Gasteiger partial charge < -0.3 is 10.3 Å². The van der Waals surface area contributed by atoms with E-state index < -0.39 is 5.91 Å². The minimum atomic E-state index is -0.446. The number of nitrogens with zero attached hydrogens (tertiary/aromatic N) is 3. The smallest absolute Gasteiger partial charge is 0.248 e. The lowest BCUT2D eigenvalue weighted by Gasteiger charge is -2.00. The molecule has 0 aliphatic rings. The summed E-state index contributed by atoms with van der Waals surface area (Å²) in [5.74, 6) is -0.446. The molecule has 0 fully saturated rings. The Bertz CT molecular complexity index is 749. The number of amides is 1. The summed E-state index contributed by atoms with van der Waals surface area (Å²) in [6.07, 6.45) is 7.07. The van der Waals surface area contributed by atoms with E-state index in [2.05, 4.69) is 9.97 Å². The molecule has 3 aromatic rings. The molecule has 5 heteroatoms. The van der Waals surface area contributed by atoms with Gasteiger partial charge in [-0.1, -0.05) is 12.1 Å². The van der Waals surface area contributed by atoms with E-state index in [9.17, 15) is 4.79 Å². The molecule has 0 saturated heterocycles. The van der Waals surface area contributed by atoms with Crippen LogP contribution >= 0.6 is 0 Å². The van der Waals surface area contributed by atoms with Crippen molar-refractivity contribution in [2.45, 2.75) is 0 Å². The number of hydrogen-bond acceptors (Lipinski definition) is 3. The first-order valence-corrected chi connectivity index (χ1v) is 6.09. The molecule has 0 aliphatic heterocycles. The van der Waals surface area contributed by atoms with Crippen LogP contribution in [0.2, 0.25) is 0 Å². The van der Waals surface area contributed by atoms with Gasteiger partial charge in [0.1, 0.15) is 0 Å². The highest BCUT2D eigenvalue weighted by Gasteiger charge is 2.06. The predicted octanol–water partition coefficient (Wildman–Crippen LogP) is 2.03. The molecule has 0 unspecified atom stereocenters. The molecule has 20 heavy (non-hydrogen) atoms. The SMILES string of the molecule is NC(=O)c1cccc(-c2cn(-c3cccnc3)cn2)c1. The van der Waals surface area contributed by atoms with Gasteiger partial charge in [0.25, 0.3) is 0 Å². The molecule has 2 heterocycles. The minimum Gasteiger partial charge on any atom is -0.366 e. The van der Waals surface area contributed by atoms with Crippen molar-refractivity contribution >= 4 is 5.91 Å². The zero-order valence-corrected chi connectivity index (χ0v) is 10.6. The summed E-state index contributed by atoms with van der Waals surface area (Å²) in [6, 6.07) is 10.9. The topological polar surface area (TPSA) is 73.8 Å². The summed E-state index contributed by atoms with van der Waals surface area (Å²) < 4.78 is 1.87. The number of rotatable bonds is 3. The summed E-state index contributed by atoms with van der Waals surface area (Å²) in [7, 11) is 0. The highest BCUT2D eigenvalue weighted by Crippen LogP contribution is 2.19. The molecule has 0 radical (unpaired) electrons. The fourth-order valence-electron chi connectivity index (χ4n) is 1.95. The Morgan fingerprint density at radius 2 is 2.10 bits per heavy atom. The second-order valence-electron chi connectivity index (χ2n) is 4.32. The van der Waals surface area contributed by atoms with Crippen LogP contribution in [0.25, 0.3) is 16.9 Å². The maximum atomic E-state index is 11.2. The van der Waals surface area contributed by atoms with Gasteiger partial charge in [-0.25, -0.2) is 4.98 Å². The lowest BCUT2D eigenvalue weighted by atomic mass is 10.1. The maximum Gasteiger partial charge on any atom is 0.248 e.